The zero-order valence-electron chi connectivity index (χ0n) is 18.3. The minimum absolute atomic E-state index is 0.0396. The maximum Gasteiger partial charge on any atom is 0.274 e. The van der Waals surface area contributed by atoms with Gasteiger partial charge in [0.2, 0.25) is 11.8 Å². The van der Waals surface area contributed by atoms with E-state index in [2.05, 4.69) is 15.5 Å². The summed E-state index contributed by atoms with van der Waals surface area (Å²) in [7, 11) is 0. The minimum Gasteiger partial charge on any atom is -0.341 e. The second-order valence-corrected chi connectivity index (χ2v) is 9.03. The number of piperidine rings is 2. The molecule has 0 aliphatic carbocycles. The molecule has 9 nitrogen and oxygen atoms in total. The Morgan fingerprint density at radius 2 is 1.73 bits per heavy atom. The number of aromatic amines is 1. The van der Waals surface area contributed by atoms with Crippen molar-refractivity contribution in [2.75, 3.05) is 25.0 Å². The number of likely N-dealkylation sites (tertiary alicyclic amines) is 2. The summed E-state index contributed by atoms with van der Waals surface area (Å²) in [6.45, 7) is 1.64. The molecule has 2 unspecified atom stereocenters. The molecular formula is C24H27N5O4. The van der Waals surface area contributed by atoms with Crippen molar-refractivity contribution in [3.05, 3.63) is 58.0 Å². The zero-order valence-corrected chi connectivity index (χ0v) is 18.3. The molecule has 2 saturated heterocycles. The summed E-state index contributed by atoms with van der Waals surface area (Å²) in [5.74, 6) is -0.316. The summed E-state index contributed by atoms with van der Waals surface area (Å²) in [6.07, 6.45) is 3.83. The number of anilines is 1. The van der Waals surface area contributed by atoms with Gasteiger partial charge in [-0.2, -0.15) is 5.10 Å². The first-order valence-electron chi connectivity index (χ1n) is 11.6. The lowest BCUT2D eigenvalue weighted by molar-refractivity contribution is -0.138. The average Bonchev–Trinajstić information content (AvgIpc) is 3.19. The highest BCUT2D eigenvalue weighted by Gasteiger charge is 2.41. The van der Waals surface area contributed by atoms with E-state index in [1.807, 2.05) is 29.2 Å². The fraction of sp³-hybridized carbons (Fsp3) is 0.458. The number of aromatic nitrogens is 2. The number of carbonyl (C=O) groups is 3. The largest absolute Gasteiger partial charge is 0.341 e. The van der Waals surface area contributed by atoms with Gasteiger partial charge in [0.15, 0.2) is 0 Å². The summed E-state index contributed by atoms with van der Waals surface area (Å²) in [4.78, 5) is 53.8. The van der Waals surface area contributed by atoms with Crippen LogP contribution in [0.4, 0.5) is 5.69 Å². The van der Waals surface area contributed by atoms with Crippen LogP contribution in [0.5, 0.6) is 0 Å². The van der Waals surface area contributed by atoms with E-state index in [1.165, 1.54) is 12.1 Å². The van der Waals surface area contributed by atoms with E-state index >= 15 is 0 Å². The van der Waals surface area contributed by atoms with Crippen molar-refractivity contribution < 1.29 is 14.4 Å². The summed E-state index contributed by atoms with van der Waals surface area (Å²) in [6, 6.07) is 9.95. The Balaban J connectivity index is 1.26. The molecule has 0 bridgehead atoms. The monoisotopic (exact) mass is 449 g/mol. The van der Waals surface area contributed by atoms with Crippen molar-refractivity contribution in [1.82, 2.24) is 20.0 Å². The maximum atomic E-state index is 13.4. The van der Waals surface area contributed by atoms with Crippen LogP contribution < -0.4 is 10.9 Å². The molecule has 3 aliphatic heterocycles. The van der Waals surface area contributed by atoms with Crippen molar-refractivity contribution in [1.29, 1.82) is 0 Å². The highest BCUT2D eigenvalue weighted by atomic mass is 16.2. The fourth-order valence-corrected chi connectivity index (χ4v) is 5.41. The molecular weight excluding hydrogens is 422 g/mol. The summed E-state index contributed by atoms with van der Waals surface area (Å²) >= 11 is 0. The van der Waals surface area contributed by atoms with Crippen molar-refractivity contribution in [2.24, 2.45) is 5.92 Å². The molecule has 1 aromatic heterocycles. The third-order valence-electron chi connectivity index (χ3n) is 7.11. The molecule has 3 amide bonds. The highest BCUT2D eigenvalue weighted by molar-refractivity contribution is 6.03. The topological polar surface area (TPSA) is 115 Å². The lowest BCUT2D eigenvalue weighted by Crippen LogP contribution is -2.54. The van der Waals surface area contributed by atoms with Gasteiger partial charge in [-0.1, -0.05) is 18.2 Å². The molecule has 2 N–H and O–H groups in total. The first-order valence-corrected chi connectivity index (χ1v) is 11.6. The normalized spacial score (nSPS) is 23.2. The van der Waals surface area contributed by atoms with Crippen LogP contribution in [0.2, 0.25) is 0 Å². The van der Waals surface area contributed by atoms with Gasteiger partial charge < -0.3 is 15.1 Å². The van der Waals surface area contributed by atoms with Gasteiger partial charge in [-0.15, -0.1) is 0 Å². The van der Waals surface area contributed by atoms with Gasteiger partial charge in [0.1, 0.15) is 11.7 Å². The summed E-state index contributed by atoms with van der Waals surface area (Å²) in [5, 5.41) is 9.11. The number of para-hydroxylation sites is 1. The van der Waals surface area contributed by atoms with E-state index in [0.29, 0.717) is 26.1 Å². The quantitative estimate of drug-likeness (QED) is 0.741. The highest BCUT2D eigenvalue weighted by Crippen LogP contribution is 2.41. The second-order valence-electron chi connectivity index (χ2n) is 9.03. The van der Waals surface area contributed by atoms with Gasteiger partial charge in [-0.25, -0.2) is 5.10 Å². The number of amides is 3. The number of nitrogens with zero attached hydrogens (tertiary/aromatic N) is 3. The van der Waals surface area contributed by atoms with Gasteiger partial charge in [0, 0.05) is 31.4 Å². The number of benzene rings is 1. The molecule has 2 fully saturated rings. The minimum atomic E-state index is -0.521. The van der Waals surface area contributed by atoms with Crippen LogP contribution >= 0.6 is 0 Å². The molecule has 0 radical (unpaired) electrons. The molecule has 0 saturated carbocycles. The van der Waals surface area contributed by atoms with Crippen molar-refractivity contribution in [3.8, 4) is 0 Å². The van der Waals surface area contributed by atoms with Crippen molar-refractivity contribution >= 4 is 23.4 Å². The van der Waals surface area contributed by atoms with Gasteiger partial charge in [0.25, 0.3) is 11.5 Å². The third-order valence-corrected chi connectivity index (χ3v) is 7.11. The number of rotatable bonds is 3. The third kappa shape index (κ3) is 4.03. The Morgan fingerprint density at radius 3 is 2.48 bits per heavy atom. The first-order chi connectivity index (χ1) is 16.0. The molecule has 3 aliphatic rings. The molecule has 2 atom stereocenters. The van der Waals surface area contributed by atoms with Gasteiger partial charge in [-0.3, -0.25) is 19.2 Å². The molecule has 5 rings (SSSR count). The van der Waals surface area contributed by atoms with E-state index < -0.39 is 6.04 Å². The Labute approximate surface area is 191 Å². The summed E-state index contributed by atoms with van der Waals surface area (Å²) in [5.41, 5.74) is 1.70. The molecule has 4 heterocycles. The van der Waals surface area contributed by atoms with E-state index in [4.69, 9.17) is 0 Å². The van der Waals surface area contributed by atoms with E-state index in [-0.39, 0.29) is 40.8 Å². The van der Waals surface area contributed by atoms with Gasteiger partial charge in [-0.05, 0) is 55.7 Å². The fourth-order valence-electron chi connectivity index (χ4n) is 5.41. The van der Waals surface area contributed by atoms with Crippen LogP contribution in [-0.4, -0.2) is 63.4 Å². The number of carbonyl (C=O) groups excluding carboxylic acids is 3. The average molecular weight is 450 g/mol. The van der Waals surface area contributed by atoms with E-state index in [9.17, 15) is 19.2 Å². The van der Waals surface area contributed by atoms with Gasteiger partial charge >= 0.3 is 0 Å². The standard InChI is InChI=1S/C24H27N5O4/c30-20-9-8-18(26-27-20)23(32)29-12-4-3-7-19(29)24(33)28-13-10-15(11-14-28)21-16-5-1-2-6-17(16)25-22(21)31/h1-2,5-6,8-9,15,19,21H,3-4,7,10-14H2,(H,25,31)(H,27,30). The Hall–Kier alpha value is -3.49. The number of hydrogen-bond donors (Lipinski definition) is 2. The van der Waals surface area contributed by atoms with Crippen molar-refractivity contribution in [3.63, 3.8) is 0 Å². The van der Waals surface area contributed by atoms with Crippen LogP contribution in [0.25, 0.3) is 0 Å². The Bertz CT molecular complexity index is 1120. The molecule has 1 aromatic carbocycles. The molecule has 33 heavy (non-hydrogen) atoms. The second kappa shape index (κ2) is 8.80. The van der Waals surface area contributed by atoms with Crippen molar-refractivity contribution in [2.45, 2.75) is 44.1 Å². The van der Waals surface area contributed by atoms with Crippen LogP contribution in [0.15, 0.2) is 41.2 Å². The summed E-state index contributed by atoms with van der Waals surface area (Å²) < 4.78 is 0. The molecule has 0 spiro atoms. The number of nitrogens with one attached hydrogen (secondary N) is 2. The first kappa shape index (κ1) is 21.4. The predicted molar refractivity (Wildman–Crippen MR) is 121 cm³/mol. The van der Waals surface area contributed by atoms with Crippen LogP contribution in [0.3, 0.4) is 0 Å². The predicted octanol–water partition coefficient (Wildman–Crippen LogP) is 1.74. The van der Waals surface area contributed by atoms with E-state index in [0.717, 1.165) is 36.9 Å². The van der Waals surface area contributed by atoms with Crippen LogP contribution in [0.1, 0.15) is 54.1 Å². The number of hydrogen-bond acceptors (Lipinski definition) is 5. The van der Waals surface area contributed by atoms with Crippen LogP contribution in [-0.2, 0) is 9.59 Å². The van der Waals surface area contributed by atoms with E-state index in [1.54, 1.807) is 4.90 Å². The lowest BCUT2D eigenvalue weighted by Gasteiger charge is -2.40. The molecule has 9 heteroatoms. The van der Waals surface area contributed by atoms with Gasteiger partial charge in [0.05, 0.1) is 5.92 Å². The smallest absolute Gasteiger partial charge is 0.274 e. The maximum absolute atomic E-state index is 13.4. The number of fused-ring (bicyclic) bond motifs is 1. The zero-order chi connectivity index (χ0) is 22.9. The van der Waals surface area contributed by atoms with Crippen LogP contribution in [0, 0.1) is 5.92 Å². The lowest BCUT2D eigenvalue weighted by atomic mass is 9.80. The number of H-pyrrole nitrogens is 1. The molecule has 172 valence electrons. The Morgan fingerprint density at radius 1 is 0.939 bits per heavy atom. The Kier molecular flexibility index (Phi) is 5.70. The molecule has 2 aromatic rings. The SMILES string of the molecule is O=C1Nc2ccccc2C1C1CCN(C(=O)C2CCCCN2C(=O)c2ccc(=O)[nH]n2)CC1.